The third kappa shape index (κ3) is 4.38. The molecule has 0 spiro atoms. The number of aliphatic imine (C=N–C) groups is 1. The summed E-state index contributed by atoms with van der Waals surface area (Å²) in [4.78, 5) is 7.76. The van der Waals surface area contributed by atoms with Crippen molar-refractivity contribution < 1.29 is 4.39 Å². The number of hydrogen-bond donors (Lipinski definition) is 3. The first-order valence-electron chi connectivity index (χ1n) is 8.58. The van der Waals surface area contributed by atoms with Crippen LogP contribution >= 0.6 is 0 Å². The Balaban J connectivity index is 1.60. The van der Waals surface area contributed by atoms with E-state index in [1.165, 1.54) is 17.0 Å². The second kappa shape index (κ2) is 8.33. The minimum Gasteiger partial charge on any atom is -0.361 e. The summed E-state index contributed by atoms with van der Waals surface area (Å²) in [6, 6.07) is 15.0. The van der Waals surface area contributed by atoms with E-state index < -0.39 is 0 Å². The van der Waals surface area contributed by atoms with Crippen molar-refractivity contribution in [2.75, 3.05) is 13.1 Å². The fraction of sp³-hybridized carbons (Fsp3) is 0.250. The summed E-state index contributed by atoms with van der Waals surface area (Å²) in [5.74, 6) is 0.478. The molecule has 1 heterocycles. The standard InChI is InChI=1S/C20H23FN4/c1-2-22-20(25-14-16-7-3-5-9-18(16)21)23-12-11-15-13-24-19-10-6-4-8-17(15)19/h3-10,13,24H,2,11-12,14H2,1H3,(H2,22,23,25). The molecule has 0 fully saturated rings. The molecule has 3 aromatic rings. The lowest BCUT2D eigenvalue weighted by Crippen LogP contribution is -2.38. The van der Waals surface area contributed by atoms with Crippen LogP contribution in [0, 0.1) is 5.82 Å². The lowest BCUT2D eigenvalue weighted by atomic mass is 10.1. The van der Waals surface area contributed by atoms with Gasteiger partial charge in [0.25, 0.3) is 0 Å². The number of para-hydroxylation sites is 1. The van der Waals surface area contributed by atoms with E-state index in [0.717, 1.165) is 25.0 Å². The maximum Gasteiger partial charge on any atom is 0.191 e. The zero-order chi connectivity index (χ0) is 17.5. The predicted octanol–water partition coefficient (Wildman–Crippen LogP) is 3.60. The van der Waals surface area contributed by atoms with Crippen LogP contribution in [0.15, 0.2) is 59.7 Å². The Morgan fingerprint density at radius 2 is 1.84 bits per heavy atom. The van der Waals surface area contributed by atoms with E-state index in [1.54, 1.807) is 12.1 Å². The quantitative estimate of drug-likeness (QED) is 0.475. The fourth-order valence-corrected chi connectivity index (χ4v) is 2.79. The molecule has 3 N–H and O–H groups in total. The minimum absolute atomic E-state index is 0.221. The van der Waals surface area contributed by atoms with E-state index >= 15 is 0 Å². The summed E-state index contributed by atoms with van der Waals surface area (Å²) in [5.41, 5.74) is 3.02. The van der Waals surface area contributed by atoms with Gasteiger partial charge in [-0.05, 0) is 31.0 Å². The van der Waals surface area contributed by atoms with Crippen LogP contribution in [0.2, 0.25) is 0 Å². The molecule has 130 valence electrons. The number of hydrogen-bond acceptors (Lipinski definition) is 1. The van der Waals surface area contributed by atoms with E-state index in [0.29, 0.717) is 18.1 Å². The van der Waals surface area contributed by atoms with Crippen molar-refractivity contribution in [1.82, 2.24) is 15.6 Å². The average Bonchev–Trinajstić information content (AvgIpc) is 3.04. The average molecular weight is 338 g/mol. The Kier molecular flexibility index (Phi) is 5.67. The normalized spacial score (nSPS) is 11.7. The van der Waals surface area contributed by atoms with E-state index in [4.69, 9.17) is 0 Å². The van der Waals surface area contributed by atoms with Crippen molar-refractivity contribution in [1.29, 1.82) is 0 Å². The van der Waals surface area contributed by atoms with E-state index in [1.807, 2.05) is 25.1 Å². The van der Waals surface area contributed by atoms with Crippen LogP contribution in [-0.4, -0.2) is 24.0 Å². The third-order valence-electron chi connectivity index (χ3n) is 4.07. The molecule has 0 aliphatic heterocycles. The predicted molar refractivity (Wildman–Crippen MR) is 101 cm³/mol. The van der Waals surface area contributed by atoms with E-state index in [2.05, 4.69) is 38.9 Å². The van der Waals surface area contributed by atoms with Gasteiger partial charge in [0.15, 0.2) is 5.96 Å². The number of H-pyrrole nitrogens is 1. The highest BCUT2D eigenvalue weighted by molar-refractivity contribution is 5.83. The van der Waals surface area contributed by atoms with Crippen LogP contribution in [-0.2, 0) is 13.0 Å². The van der Waals surface area contributed by atoms with Crippen molar-refractivity contribution in [2.24, 2.45) is 4.99 Å². The Labute approximate surface area is 147 Å². The molecule has 0 bridgehead atoms. The Bertz CT molecular complexity index is 854. The number of nitrogens with zero attached hydrogens (tertiary/aromatic N) is 1. The summed E-state index contributed by atoms with van der Waals surface area (Å²) < 4.78 is 13.7. The number of halogens is 1. The first-order valence-corrected chi connectivity index (χ1v) is 8.58. The number of fused-ring (bicyclic) bond motifs is 1. The van der Waals surface area contributed by atoms with Gasteiger partial charge in [0.05, 0.1) is 6.54 Å². The highest BCUT2D eigenvalue weighted by Crippen LogP contribution is 2.17. The van der Waals surface area contributed by atoms with Gasteiger partial charge < -0.3 is 15.6 Å². The summed E-state index contributed by atoms with van der Waals surface area (Å²) in [7, 11) is 0. The van der Waals surface area contributed by atoms with Crippen molar-refractivity contribution in [2.45, 2.75) is 19.9 Å². The summed E-state index contributed by atoms with van der Waals surface area (Å²) in [6.45, 7) is 3.84. The SMILES string of the molecule is CCNC(=NCc1ccccc1F)NCCc1c[nH]c2ccccc12. The number of aromatic amines is 1. The maximum absolute atomic E-state index is 13.7. The lowest BCUT2D eigenvalue weighted by Gasteiger charge is -2.11. The molecule has 1 aromatic heterocycles. The van der Waals surface area contributed by atoms with Crippen molar-refractivity contribution >= 4 is 16.9 Å². The molecule has 0 saturated heterocycles. The van der Waals surface area contributed by atoms with Gasteiger partial charge in [0.2, 0.25) is 0 Å². The van der Waals surface area contributed by atoms with Crippen LogP contribution < -0.4 is 10.6 Å². The molecule has 4 nitrogen and oxygen atoms in total. The van der Waals surface area contributed by atoms with E-state index in [-0.39, 0.29) is 5.82 Å². The Morgan fingerprint density at radius 3 is 2.68 bits per heavy atom. The summed E-state index contributed by atoms with van der Waals surface area (Å²) in [6.07, 6.45) is 2.93. The molecule has 3 rings (SSSR count). The van der Waals surface area contributed by atoms with Gasteiger partial charge >= 0.3 is 0 Å². The zero-order valence-corrected chi connectivity index (χ0v) is 14.3. The van der Waals surface area contributed by atoms with Gasteiger partial charge in [-0.15, -0.1) is 0 Å². The number of rotatable bonds is 6. The van der Waals surface area contributed by atoms with E-state index in [9.17, 15) is 4.39 Å². The minimum atomic E-state index is -0.221. The second-order valence-electron chi connectivity index (χ2n) is 5.82. The highest BCUT2D eigenvalue weighted by Gasteiger charge is 2.04. The molecular formula is C20H23FN4. The van der Waals surface area contributed by atoms with Crippen LogP contribution in [0.4, 0.5) is 4.39 Å². The van der Waals surface area contributed by atoms with Gasteiger partial charge in [-0.3, -0.25) is 0 Å². The van der Waals surface area contributed by atoms with Crippen LogP contribution in [0.5, 0.6) is 0 Å². The first kappa shape index (κ1) is 17.0. The molecule has 0 atom stereocenters. The lowest BCUT2D eigenvalue weighted by molar-refractivity contribution is 0.610. The van der Waals surface area contributed by atoms with Gasteiger partial charge in [-0.25, -0.2) is 9.38 Å². The van der Waals surface area contributed by atoms with Crippen molar-refractivity contribution in [3.8, 4) is 0 Å². The zero-order valence-electron chi connectivity index (χ0n) is 14.3. The van der Waals surface area contributed by atoms with Crippen molar-refractivity contribution in [3.05, 3.63) is 71.7 Å². The molecule has 0 aliphatic rings. The smallest absolute Gasteiger partial charge is 0.191 e. The van der Waals surface area contributed by atoms with Gasteiger partial charge in [-0.1, -0.05) is 36.4 Å². The maximum atomic E-state index is 13.7. The molecule has 0 radical (unpaired) electrons. The van der Waals surface area contributed by atoms with Crippen LogP contribution in [0.25, 0.3) is 10.9 Å². The highest BCUT2D eigenvalue weighted by atomic mass is 19.1. The Morgan fingerprint density at radius 1 is 1.04 bits per heavy atom. The van der Waals surface area contributed by atoms with Gasteiger partial charge in [0, 0.05) is 35.8 Å². The molecule has 0 amide bonds. The number of benzene rings is 2. The third-order valence-corrected chi connectivity index (χ3v) is 4.07. The molecular weight excluding hydrogens is 315 g/mol. The number of nitrogens with one attached hydrogen (secondary N) is 3. The number of aromatic nitrogens is 1. The number of guanidine groups is 1. The van der Waals surface area contributed by atoms with Gasteiger partial charge in [0.1, 0.15) is 5.82 Å². The first-order chi connectivity index (χ1) is 12.3. The largest absolute Gasteiger partial charge is 0.361 e. The fourth-order valence-electron chi connectivity index (χ4n) is 2.79. The molecule has 0 unspecified atom stereocenters. The summed E-state index contributed by atoms with van der Waals surface area (Å²) >= 11 is 0. The monoisotopic (exact) mass is 338 g/mol. The molecule has 0 saturated carbocycles. The molecule has 2 aromatic carbocycles. The molecule has 25 heavy (non-hydrogen) atoms. The second-order valence-corrected chi connectivity index (χ2v) is 5.82. The van der Waals surface area contributed by atoms with Crippen LogP contribution in [0.1, 0.15) is 18.1 Å². The Hall–Kier alpha value is -2.82. The van der Waals surface area contributed by atoms with Gasteiger partial charge in [-0.2, -0.15) is 0 Å². The molecule has 5 heteroatoms. The van der Waals surface area contributed by atoms with Crippen LogP contribution in [0.3, 0.4) is 0 Å². The molecule has 0 aliphatic carbocycles. The van der Waals surface area contributed by atoms with Crippen molar-refractivity contribution in [3.63, 3.8) is 0 Å². The topological polar surface area (TPSA) is 52.2 Å². The summed E-state index contributed by atoms with van der Waals surface area (Å²) in [5, 5.41) is 7.76.